The Morgan fingerprint density at radius 2 is 1.82 bits per heavy atom. The van der Waals surface area contributed by atoms with Gasteiger partial charge in [0.15, 0.2) is 0 Å². The van der Waals surface area contributed by atoms with E-state index in [0.29, 0.717) is 19.6 Å². The minimum atomic E-state index is -0.803. The second-order valence-corrected chi connectivity index (χ2v) is 7.39. The van der Waals surface area contributed by atoms with Crippen molar-refractivity contribution in [1.82, 2.24) is 0 Å². The summed E-state index contributed by atoms with van der Waals surface area (Å²) < 4.78 is 11.8. The quantitative estimate of drug-likeness (QED) is 0.526. The zero-order valence-electron chi connectivity index (χ0n) is 17.6. The zero-order valence-corrected chi connectivity index (χ0v) is 17.6. The van der Waals surface area contributed by atoms with Crippen LogP contribution in [0.3, 0.4) is 0 Å². The maximum atomic E-state index is 12.9. The van der Waals surface area contributed by atoms with Gasteiger partial charge in [-0.25, -0.2) is 0 Å². The molecule has 0 aliphatic rings. The molecule has 2 rings (SSSR count). The summed E-state index contributed by atoms with van der Waals surface area (Å²) in [7, 11) is 0. The highest BCUT2D eigenvalue weighted by atomic mass is 16.5. The Kier molecular flexibility index (Phi) is 8.52. The lowest BCUT2D eigenvalue weighted by atomic mass is 9.97. The SMILES string of the molecule is CCCC[C@](C)(OCCC)C(=O)Nc1ccc(OCc2ccccc2)c(C)c1. The Hall–Kier alpha value is -2.33. The molecule has 1 amide bonds. The van der Waals surface area contributed by atoms with Crippen molar-refractivity contribution in [2.75, 3.05) is 11.9 Å². The molecule has 0 unspecified atom stereocenters. The number of hydrogen-bond donors (Lipinski definition) is 1. The molecule has 0 fully saturated rings. The number of hydrogen-bond acceptors (Lipinski definition) is 3. The standard InChI is InChI=1S/C24H33NO3/c1-5-7-15-24(4,28-16-6-2)23(26)25-21-13-14-22(19(3)17-21)27-18-20-11-9-8-10-12-20/h8-14,17H,5-7,15-16,18H2,1-4H3,(H,25,26)/t24-/m0/s1. The highest BCUT2D eigenvalue weighted by Gasteiger charge is 2.33. The molecule has 4 heteroatoms. The molecule has 0 heterocycles. The van der Waals surface area contributed by atoms with Crippen LogP contribution >= 0.6 is 0 Å². The van der Waals surface area contributed by atoms with Gasteiger partial charge in [-0.15, -0.1) is 0 Å². The number of amides is 1. The van der Waals surface area contributed by atoms with E-state index in [4.69, 9.17) is 9.47 Å². The zero-order chi connectivity index (χ0) is 20.4. The number of nitrogens with one attached hydrogen (secondary N) is 1. The maximum absolute atomic E-state index is 12.9. The molecule has 0 radical (unpaired) electrons. The normalized spacial score (nSPS) is 13.0. The lowest BCUT2D eigenvalue weighted by Crippen LogP contribution is -2.43. The summed E-state index contributed by atoms with van der Waals surface area (Å²) in [5.74, 6) is 0.726. The first-order chi connectivity index (χ1) is 13.5. The predicted octanol–water partition coefficient (Wildman–Crippen LogP) is 5.89. The van der Waals surface area contributed by atoms with Gasteiger partial charge in [0.05, 0.1) is 0 Å². The Balaban J connectivity index is 2.02. The van der Waals surface area contributed by atoms with Gasteiger partial charge in [0.25, 0.3) is 5.91 Å². The fourth-order valence-corrected chi connectivity index (χ4v) is 2.98. The Morgan fingerprint density at radius 1 is 1.07 bits per heavy atom. The van der Waals surface area contributed by atoms with Crippen LogP contribution in [0.15, 0.2) is 48.5 Å². The van der Waals surface area contributed by atoms with Crippen LogP contribution in [0.2, 0.25) is 0 Å². The summed E-state index contributed by atoms with van der Waals surface area (Å²) in [6.07, 6.45) is 3.60. The number of ether oxygens (including phenoxy) is 2. The van der Waals surface area contributed by atoms with E-state index in [1.54, 1.807) is 0 Å². The van der Waals surface area contributed by atoms with E-state index in [9.17, 15) is 4.79 Å². The molecule has 1 N–H and O–H groups in total. The van der Waals surface area contributed by atoms with Crippen LogP contribution in [-0.2, 0) is 16.1 Å². The minimum absolute atomic E-state index is 0.0910. The molecule has 1 atom stereocenters. The van der Waals surface area contributed by atoms with Gasteiger partial charge in [0.1, 0.15) is 18.0 Å². The summed E-state index contributed by atoms with van der Waals surface area (Å²) in [6, 6.07) is 15.8. The summed E-state index contributed by atoms with van der Waals surface area (Å²) in [5.41, 5.74) is 2.07. The van der Waals surface area contributed by atoms with Crippen LogP contribution in [0.1, 0.15) is 57.6 Å². The van der Waals surface area contributed by atoms with Crippen molar-refractivity contribution in [3.05, 3.63) is 59.7 Å². The van der Waals surface area contributed by atoms with Crippen molar-refractivity contribution in [3.63, 3.8) is 0 Å². The summed E-state index contributed by atoms with van der Waals surface area (Å²) in [4.78, 5) is 12.9. The number of carbonyl (C=O) groups is 1. The van der Waals surface area contributed by atoms with E-state index >= 15 is 0 Å². The predicted molar refractivity (Wildman–Crippen MR) is 115 cm³/mol. The van der Waals surface area contributed by atoms with E-state index in [2.05, 4.69) is 19.2 Å². The molecule has 0 spiro atoms. The van der Waals surface area contributed by atoms with Crippen LogP contribution in [0.5, 0.6) is 5.75 Å². The average Bonchev–Trinajstić information content (AvgIpc) is 2.71. The van der Waals surface area contributed by atoms with E-state index < -0.39 is 5.60 Å². The summed E-state index contributed by atoms with van der Waals surface area (Å²) in [5, 5.41) is 3.02. The molecular weight excluding hydrogens is 350 g/mol. The summed E-state index contributed by atoms with van der Waals surface area (Å²) in [6.45, 7) is 9.15. The first-order valence-electron chi connectivity index (χ1n) is 10.2. The third-order valence-corrected chi connectivity index (χ3v) is 4.78. The van der Waals surface area contributed by atoms with Crippen molar-refractivity contribution in [3.8, 4) is 5.75 Å². The second kappa shape index (κ2) is 10.9. The van der Waals surface area contributed by atoms with Crippen molar-refractivity contribution in [2.45, 2.75) is 65.6 Å². The van der Waals surface area contributed by atoms with Gasteiger partial charge >= 0.3 is 0 Å². The van der Waals surface area contributed by atoms with Crippen molar-refractivity contribution < 1.29 is 14.3 Å². The average molecular weight is 384 g/mol. The number of carbonyl (C=O) groups excluding carboxylic acids is 1. The van der Waals surface area contributed by atoms with Crippen LogP contribution in [0, 0.1) is 6.92 Å². The van der Waals surface area contributed by atoms with Gasteiger partial charge in [-0.1, -0.05) is 57.0 Å². The van der Waals surface area contributed by atoms with Crippen LogP contribution in [-0.4, -0.2) is 18.1 Å². The molecule has 0 aromatic heterocycles. The smallest absolute Gasteiger partial charge is 0.256 e. The Labute approximate surface area is 169 Å². The molecule has 0 bridgehead atoms. The number of rotatable bonds is 11. The van der Waals surface area contributed by atoms with Gasteiger partial charge < -0.3 is 14.8 Å². The number of unbranched alkanes of at least 4 members (excludes halogenated alkanes) is 1. The molecule has 4 nitrogen and oxygen atoms in total. The van der Waals surface area contributed by atoms with Gasteiger partial charge in [-0.3, -0.25) is 4.79 Å². The number of benzene rings is 2. The molecule has 0 saturated heterocycles. The fourth-order valence-electron chi connectivity index (χ4n) is 2.98. The minimum Gasteiger partial charge on any atom is -0.489 e. The molecule has 0 saturated carbocycles. The summed E-state index contributed by atoms with van der Waals surface area (Å²) >= 11 is 0. The Morgan fingerprint density at radius 3 is 2.46 bits per heavy atom. The van der Waals surface area contributed by atoms with Gasteiger partial charge in [0.2, 0.25) is 0 Å². The highest BCUT2D eigenvalue weighted by molar-refractivity contribution is 5.97. The third kappa shape index (κ3) is 6.38. The highest BCUT2D eigenvalue weighted by Crippen LogP contribution is 2.26. The molecule has 2 aromatic rings. The third-order valence-electron chi connectivity index (χ3n) is 4.78. The van der Waals surface area contributed by atoms with Crippen LogP contribution in [0.4, 0.5) is 5.69 Å². The molecule has 2 aromatic carbocycles. The molecule has 0 aliphatic carbocycles. The molecule has 0 aliphatic heterocycles. The van der Waals surface area contributed by atoms with Gasteiger partial charge in [0, 0.05) is 12.3 Å². The topological polar surface area (TPSA) is 47.6 Å². The van der Waals surface area contributed by atoms with Crippen molar-refractivity contribution in [2.24, 2.45) is 0 Å². The molecule has 152 valence electrons. The second-order valence-electron chi connectivity index (χ2n) is 7.39. The Bertz CT molecular complexity index is 735. The monoisotopic (exact) mass is 383 g/mol. The van der Waals surface area contributed by atoms with Crippen molar-refractivity contribution >= 4 is 11.6 Å². The van der Waals surface area contributed by atoms with Crippen molar-refractivity contribution in [1.29, 1.82) is 0 Å². The molecule has 28 heavy (non-hydrogen) atoms. The first kappa shape index (κ1) is 22.0. The lowest BCUT2D eigenvalue weighted by Gasteiger charge is -2.28. The largest absolute Gasteiger partial charge is 0.489 e. The van der Waals surface area contributed by atoms with E-state index in [1.165, 1.54) is 0 Å². The van der Waals surface area contributed by atoms with Gasteiger partial charge in [-0.05, 0) is 56.0 Å². The van der Waals surface area contributed by atoms with Crippen LogP contribution in [0.25, 0.3) is 0 Å². The number of anilines is 1. The van der Waals surface area contributed by atoms with E-state index in [-0.39, 0.29) is 5.91 Å². The lowest BCUT2D eigenvalue weighted by molar-refractivity contribution is -0.140. The molecular formula is C24H33NO3. The van der Waals surface area contributed by atoms with E-state index in [1.807, 2.05) is 62.4 Å². The maximum Gasteiger partial charge on any atom is 0.256 e. The number of aryl methyl sites for hydroxylation is 1. The van der Waals surface area contributed by atoms with E-state index in [0.717, 1.165) is 41.8 Å². The first-order valence-corrected chi connectivity index (χ1v) is 10.2. The van der Waals surface area contributed by atoms with Crippen LogP contribution < -0.4 is 10.1 Å². The van der Waals surface area contributed by atoms with Gasteiger partial charge in [-0.2, -0.15) is 0 Å². The fraction of sp³-hybridized carbons (Fsp3) is 0.458.